The summed E-state index contributed by atoms with van der Waals surface area (Å²) >= 11 is 1.16. The molecule has 0 radical (unpaired) electrons. The third kappa shape index (κ3) is 4.37. The van der Waals surface area contributed by atoms with Crippen molar-refractivity contribution in [3.63, 3.8) is 0 Å². The molecule has 0 saturated carbocycles. The third-order valence-corrected chi connectivity index (χ3v) is 5.53. The first-order chi connectivity index (χ1) is 13.8. The molecule has 1 aromatic carbocycles. The minimum Gasteiger partial charge on any atom is -0.465 e. The number of rotatable bonds is 6. The molecule has 2 heterocycles. The van der Waals surface area contributed by atoms with E-state index in [2.05, 4.69) is 4.98 Å². The van der Waals surface area contributed by atoms with E-state index in [1.165, 1.54) is 18.0 Å². The SMILES string of the molecule is COC(=O)c1cccc(Cn2cnc3sc(C(=O)OCC(C)C)c(C)c3c2=O)c1. The minimum absolute atomic E-state index is 0.227. The first-order valence-electron chi connectivity index (χ1n) is 9.14. The maximum Gasteiger partial charge on any atom is 0.348 e. The molecule has 3 aromatic rings. The average Bonchev–Trinajstić information content (AvgIpc) is 3.05. The predicted molar refractivity (Wildman–Crippen MR) is 111 cm³/mol. The van der Waals surface area contributed by atoms with E-state index in [4.69, 9.17) is 9.47 Å². The molecule has 29 heavy (non-hydrogen) atoms. The molecule has 0 saturated heterocycles. The molecule has 3 rings (SSSR count). The van der Waals surface area contributed by atoms with Gasteiger partial charge >= 0.3 is 11.9 Å². The minimum atomic E-state index is -0.439. The quantitative estimate of drug-likeness (QED) is 0.575. The molecule has 0 fully saturated rings. The Hall–Kier alpha value is -3.00. The standard InChI is InChI=1S/C21H22N2O5S/c1-12(2)10-28-21(26)17-13(3)16-18(29-17)22-11-23(19(16)24)9-14-6-5-7-15(8-14)20(25)27-4/h5-8,11-12H,9-10H2,1-4H3. The lowest BCUT2D eigenvalue weighted by atomic mass is 10.1. The summed E-state index contributed by atoms with van der Waals surface area (Å²) in [7, 11) is 1.32. The van der Waals surface area contributed by atoms with Crippen LogP contribution in [0.3, 0.4) is 0 Å². The number of benzene rings is 1. The number of aromatic nitrogens is 2. The average molecular weight is 414 g/mol. The lowest BCUT2D eigenvalue weighted by molar-refractivity contribution is 0.0463. The van der Waals surface area contributed by atoms with Crippen molar-refractivity contribution >= 4 is 33.5 Å². The number of thiophene rings is 1. The highest BCUT2D eigenvalue weighted by Gasteiger charge is 2.21. The van der Waals surface area contributed by atoms with Gasteiger partial charge in [-0.3, -0.25) is 9.36 Å². The van der Waals surface area contributed by atoms with Gasteiger partial charge < -0.3 is 9.47 Å². The van der Waals surface area contributed by atoms with Gasteiger partial charge in [-0.05, 0) is 36.1 Å². The van der Waals surface area contributed by atoms with Gasteiger partial charge in [-0.1, -0.05) is 26.0 Å². The highest BCUT2D eigenvalue weighted by atomic mass is 32.1. The van der Waals surface area contributed by atoms with Crippen molar-refractivity contribution in [3.8, 4) is 0 Å². The molecule has 2 aromatic heterocycles. The number of fused-ring (bicyclic) bond motifs is 1. The first kappa shape index (κ1) is 20.7. The van der Waals surface area contributed by atoms with Crippen molar-refractivity contribution in [3.05, 3.63) is 62.5 Å². The Kier molecular flexibility index (Phi) is 6.12. The predicted octanol–water partition coefficient (Wildman–Crippen LogP) is 3.41. The van der Waals surface area contributed by atoms with E-state index in [0.717, 1.165) is 16.9 Å². The number of hydrogen-bond acceptors (Lipinski definition) is 7. The van der Waals surface area contributed by atoms with Crippen molar-refractivity contribution in [2.24, 2.45) is 5.92 Å². The van der Waals surface area contributed by atoms with Crippen LogP contribution in [0.1, 0.15) is 45.0 Å². The van der Waals surface area contributed by atoms with Crippen molar-refractivity contribution in [2.45, 2.75) is 27.3 Å². The molecule has 0 aliphatic heterocycles. The second-order valence-electron chi connectivity index (χ2n) is 7.10. The van der Waals surface area contributed by atoms with Gasteiger partial charge in [-0.25, -0.2) is 14.6 Å². The number of carbonyl (C=O) groups is 2. The molecule has 0 amide bonds. The molecule has 0 aliphatic carbocycles. The fourth-order valence-corrected chi connectivity index (χ4v) is 3.92. The molecule has 0 aliphatic rings. The van der Waals surface area contributed by atoms with Gasteiger partial charge in [0.25, 0.3) is 5.56 Å². The van der Waals surface area contributed by atoms with Crippen molar-refractivity contribution < 1.29 is 19.1 Å². The number of carbonyl (C=O) groups excluding carboxylic acids is 2. The van der Waals surface area contributed by atoms with Gasteiger partial charge in [0, 0.05) is 0 Å². The molecule has 0 spiro atoms. The Bertz CT molecular complexity index is 1130. The number of ether oxygens (including phenoxy) is 2. The van der Waals surface area contributed by atoms with Gasteiger partial charge in [-0.2, -0.15) is 0 Å². The van der Waals surface area contributed by atoms with Crippen LogP contribution in [0, 0.1) is 12.8 Å². The lowest BCUT2D eigenvalue weighted by Gasteiger charge is -2.07. The van der Waals surface area contributed by atoms with Gasteiger partial charge in [-0.15, -0.1) is 11.3 Å². The zero-order valence-electron chi connectivity index (χ0n) is 16.7. The maximum absolute atomic E-state index is 13.0. The topological polar surface area (TPSA) is 87.5 Å². The van der Waals surface area contributed by atoms with Crippen molar-refractivity contribution in [1.29, 1.82) is 0 Å². The fraction of sp³-hybridized carbons (Fsp3) is 0.333. The summed E-state index contributed by atoms with van der Waals surface area (Å²) in [5.74, 6) is -0.647. The van der Waals surface area contributed by atoms with E-state index in [0.29, 0.717) is 32.8 Å². The Morgan fingerprint density at radius 2 is 2.00 bits per heavy atom. The van der Waals surface area contributed by atoms with Crippen LogP contribution in [0.5, 0.6) is 0 Å². The second kappa shape index (κ2) is 8.57. The Morgan fingerprint density at radius 1 is 1.24 bits per heavy atom. The summed E-state index contributed by atoms with van der Waals surface area (Å²) < 4.78 is 11.5. The number of methoxy groups -OCH3 is 1. The molecular formula is C21H22N2O5S. The van der Waals surface area contributed by atoms with E-state index in [1.54, 1.807) is 25.1 Å². The fourth-order valence-electron chi connectivity index (χ4n) is 2.89. The van der Waals surface area contributed by atoms with E-state index in [-0.39, 0.29) is 18.0 Å². The van der Waals surface area contributed by atoms with Gasteiger partial charge in [0.1, 0.15) is 9.71 Å². The normalized spacial score (nSPS) is 11.1. The van der Waals surface area contributed by atoms with Gasteiger partial charge in [0.15, 0.2) is 0 Å². The number of aryl methyl sites for hydroxylation is 1. The van der Waals surface area contributed by atoms with E-state index in [9.17, 15) is 14.4 Å². The van der Waals surface area contributed by atoms with E-state index >= 15 is 0 Å². The molecular weight excluding hydrogens is 392 g/mol. The van der Waals surface area contributed by atoms with Crippen molar-refractivity contribution in [2.75, 3.05) is 13.7 Å². The molecule has 7 nitrogen and oxygen atoms in total. The van der Waals surface area contributed by atoms with Crippen LogP contribution in [-0.4, -0.2) is 35.2 Å². The first-order valence-corrected chi connectivity index (χ1v) is 9.96. The largest absolute Gasteiger partial charge is 0.465 e. The molecule has 0 atom stereocenters. The van der Waals surface area contributed by atoms with Crippen LogP contribution in [0.25, 0.3) is 10.2 Å². The lowest BCUT2D eigenvalue weighted by Crippen LogP contribution is -2.21. The second-order valence-corrected chi connectivity index (χ2v) is 8.10. The highest BCUT2D eigenvalue weighted by Crippen LogP contribution is 2.27. The van der Waals surface area contributed by atoms with Gasteiger partial charge in [0.05, 0.1) is 37.5 Å². The van der Waals surface area contributed by atoms with Crippen LogP contribution in [0.15, 0.2) is 35.4 Å². The summed E-state index contributed by atoms with van der Waals surface area (Å²) in [5.41, 5.74) is 1.51. The molecule has 152 valence electrons. The summed E-state index contributed by atoms with van der Waals surface area (Å²) in [5, 5.41) is 0.415. The Labute approximate surface area is 171 Å². The smallest absolute Gasteiger partial charge is 0.348 e. The molecule has 0 unspecified atom stereocenters. The summed E-state index contributed by atoms with van der Waals surface area (Å²) in [6.45, 7) is 6.22. The Morgan fingerprint density at radius 3 is 2.69 bits per heavy atom. The van der Waals surface area contributed by atoms with Crippen LogP contribution >= 0.6 is 11.3 Å². The maximum atomic E-state index is 13.0. The molecule has 0 N–H and O–H groups in total. The summed E-state index contributed by atoms with van der Waals surface area (Å²) in [4.78, 5) is 42.4. The zero-order valence-corrected chi connectivity index (χ0v) is 17.5. The third-order valence-electron chi connectivity index (χ3n) is 4.35. The van der Waals surface area contributed by atoms with Crippen LogP contribution in [0.2, 0.25) is 0 Å². The van der Waals surface area contributed by atoms with Crippen LogP contribution < -0.4 is 5.56 Å². The van der Waals surface area contributed by atoms with Crippen LogP contribution in [-0.2, 0) is 16.0 Å². The monoisotopic (exact) mass is 414 g/mol. The number of hydrogen-bond donors (Lipinski definition) is 0. The summed E-state index contributed by atoms with van der Waals surface area (Å²) in [6.07, 6.45) is 1.45. The highest BCUT2D eigenvalue weighted by molar-refractivity contribution is 7.20. The van der Waals surface area contributed by atoms with E-state index in [1.807, 2.05) is 19.9 Å². The van der Waals surface area contributed by atoms with Crippen molar-refractivity contribution in [1.82, 2.24) is 9.55 Å². The van der Waals surface area contributed by atoms with Crippen LogP contribution in [0.4, 0.5) is 0 Å². The Balaban J connectivity index is 1.94. The summed E-state index contributed by atoms with van der Waals surface area (Å²) in [6, 6.07) is 6.88. The van der Waals surface area contributed by atoms with Gasteiger partial charge in [0.2, 0.25) is 0 Å². The van der Waals surface area contributed by atoms with E-state index < -0.39 is 11.9 Å². The molecule has 8 heteroatoms. The number of esters is 2. The molecule has 0 bridgehead atoms. The zero-order chi connectivity index (χ0) is 21.1. The number of nitrogens with zero attached hydrogens (tertiary/aromatic N) is 2.